The number of anilines is 1. The Hall–Kier alpha value is -4.59. The highest BCUT2D eigenvalue weighted by Crippen LogP contribution is 2.43. The van der Waals surface area contributed by atoms with E-state index in [0.717, 1.165) is 0 Å². The molecule has 1 heterocycles. The van der Waals surface area contributed by atoms with Gasteiger partial charge in [0.05, 0.1) is 32.3 Å². The summed E-state index contributed by atoms with van der Waals surface area (Å²) in [6.07, 6.45) is 0.0570. The van der Waals surface area contributed by atoms with Crippen molar-refractivity contribution in [1.82, 2.24) is 0 Å². The van der Waals surface area contributed by atoms with E-state index >= 15 is 0 Å². The molecular weight excluding hydrogens is 450 g/mol. The van der Waals surface area contributed by atoms with E-state index < -0.39 is 23.7 Å². The molecule has 1 saturated heterocycles. The van der Waals surface area contributed by atoms with Gasteiger partial charge in [0, 0.05) is 11.3 Å². The fraction of sp³-hybridized carbons (Fsp3) is 0.148. The molecular formula is C27H23NO7. The summed E-state index contributed by atoms with van der Waals surface area (Å²) in [4.78, 5) is 39.3. The number of aliphatic hydroxyl groups excluding tert-OH is 1. The number of methoxy groups -OCH3 is 2. The van der Waals surface area contributed by atoms with Gasteiger partial charge < -0.3 is 19.7 Å². The van der Waals surface area contributed by atoms with Crippen LogP contribution < -0.4 is 9.64 Å². The molecule has 4 rings (SSSR count). The number of aromatic hydroxyl groups is 1. The Labute approximate surface area is 201 Å². The van der Waals surface area contributed by atoms with Crippen molar-refractivity contribution in [1.29, 1.82) is 0 Å². The number of carbonyl (C=O) groups is 3. The standard InChI is InChI=1S/C27H23NO7/c1-34-21-8-4-6-18(15-21)25(31)23-24(17-5-3-7-20(29)14-17)28(27(33)26(23)32)19-11-9-16(10-12-19)13-22(30)35-2/h3-12,14-15,24,29,31H,13H2,1-2H3/b25-23-. The number of phenolic OH excluding ortho intramolecular Hbond substituents is 1. The number of rotatable bonds is 6. The monoisotopic (exact) mass is 473 g/mol. The highest BCUT2D eigenvalue weighted by atomic mass is 16.5. The highest BCUT2D eigenvalue weighted by Gasteiger charge is 2.47. The Morgan fingerprint density at radius 1 is 0.971 bits per heavy atom. The number of amides is 1. The van der Waals surface area contributed by atoms with Gasteiger partial charge in [0.2, 0.25) is 0 Å². The lowest BCUT2D eigenvalue weighted by Crippen LogP contribution is -2.29. The first-order valence-corrected chi connectivity index (χ1v) is 10.7. The van der Waals surface area contributed by atoms with Crippen molar-refractivity contribution in [2.45, 2.75) is 12.5 Å². The minimum Gasteiger partial charge on any atom is -0.508 e. The van der Waals surface area contributed by atoms with Gasteiger partial charge in [0.1, 0.15) is 17.3 Å². The van der Waals surface area contributed by atoms with Crippen molar-refractivity contribution in [3.8, 4) is 11.5 Å². The van der Waals surface area contributed by atoms with Gasteiger partial charge >= 0.3 is 5.97 Å². The molecule has 3 aromatic carbocycles. The largest absolute Gasteiger partial charge is 0.508 e. The van der Waals surface area contributed by atoms with Crippen LogP contribution in [0.4, 0.5) is 5.69 Å². The van der Waals surface area contributed by atoms with E-state index in [9.17, 15) is 24.6 Å². The third kappa shape index (κ3) is 4.59. The molecule has 35 heavy (non-hydrogen) atoms. The topological polar surface area (TPSA) is 113 Å². The van der Waals surface area contributed by atoms with Gasteiger partial charge in [-0.1, -0.05) is 36.4 Å². The smallest absolute Gasteiger partial charge is 0.309 e. The Morgan fingerprint density at radius 2 is 1.69 bits per heavy atom. The number of nitrogens with zero attached hydrogens (tertiary/aromatic N) is 1. The van der Waals surface area contributed by atoms with Crippen LogP contribution >= 0.6 is 0 Å². The lowest BCUT2D eigenvalue weighted by atomic mass is 9.95. The summed E-state index contributed by atoms with van der Waals surface area (Å²) in [6, 6.07) is 18.2. The zero-order chi connectivity index (χ0) is 25.1. The van der Waals surface area contributed by atoms with E-state index in [1.807, 2.05) is 0 Å². The fourth-order valence-corrected chi connectivity index (χ4v) is 4.05. The molecule has 0 radical (unpaired) electrons. The van der Waals surface area contributed by atoms with Crippen molar-refractivity contribution < 1.29 is 34.1 Å². The number of hydrogen-bond donors (Lipinski definition) is 2. The van der Waals surface area contributed by atoms with Crippen LogP contribution in [0.2, 0.25) is 0 Å². The van der Waals surface area contributed by atoms with Gasteiger partial charge in [-0.3, -0.25) is 19.3 Å². The average molecular weight is 473 g/mol. The van der Waals surface area contributed by atoms with Crippen molar-refractivity contribution in [2.75, 3.05) is 19.1 Å². The normalized spacial score (nSPS) is 16.9. The maximum Gasteiger partial charge on any atom is 0.309 e. The minimum absolute atomic E-state index is 0.0529. The molecule has 1 atom stereocenters. The van der Waals surface area contributed by atoms with Crippen LogP contribution in [0.3, 0.4) is 0 Å². The van der Waals surface area contributed by atoms with Gasteiger partial charge in [-0.05, 0) is 47.5 Å². The number of ketones is 1. The molecule has 2 N–H and O–H groups in total. The molecule has 3 aromatic rings. The van der Waals surface area contributed by atoms with E-state index in [2.05, 4.69) is 4.74 Å². The van der Waals surface area contributed by atoms with Gasteiger partial charge in [-0.15, -0.1) is 0 Å². The Balaban J connectivity index is 1.86. The maximum atomic E-state index is 13.2. The molecule has 1 amide bonds. The molecule has 1 fully saturated rings. The average Bonchev–Trinajstić information content (AvgIpc) is 3.14. The van der Waals surface area contributed by atoms with Gasteiger partial charge in [0.25, 0.3) is 11.7 Å². The zero-order valence-electron chi connectivity index (χ0n) is 19.1. The van der Waals surface area contributed by atoms with Crippen molar-refractivity contribution in [2.24, 2.45) is 0 Å². The molecule has 1 aliphatic heterocycles. The summed E-state index contributed by atoms with van der Waals surface area (Å²) in [7, 11) is 2.78. The zero-order valence-corrected chi connectivity index (χ0v) is 19.1. The van der Waals surface area contributed by atoms with E-state index in [1.165, 1.54) is 31.3 Å². The predicted molar refractivity (Wildman–Crippen MR) is 128 cm³/mol. The molecule has 0 bridgehead atoms. The van der Waals surface area contributed by atoms with Crippen LogP contribution in [0.25, 0.3) is 5.76 Å². The molecule has 1 aliphatic rings. The second-order valence-electron chi connectivity index (χ2n) is 7.92. The Bertz CT molecular complexity index is 1330. The Morgan fingerprint density at radius 3 is 2.34 bits per heavy atom. The highest BCUT2D eigenvalue weighted by molar-refractivity contribution is 6.51. The quantitative estimate of drug-likeness (QED) is 0.243. The second kappa shape index (κ2) is 9.72. The lowest BCUT2D eigenvalue weighted by Gasteiger charge is -2.25. The number of phenols is 1. The number of Topliss-reactive ketones (excluding diaryl/α,β-unsaturated/α-hetero) is 1. The van der Waals surface area contributed by atoms with E-state index in [1.54, 1.807) is 60.7 Å². The third-order valence-corrected chi connectivity index (χ3v) is 5.76. The van der Waals surface area contributed by atoms with Crippen LogP contribution in [-0.2, 0) is 25.5 Å². The summed E-state index contributed by atoms with van der Waals surface area (Å²) in [5, 5.41) is 21.3. The molecule has 0 saturated carbocycles. The molecule has 8 nitrogen and oxygen atoms in total. The van der Waals surface area contributed by atoms with Crippen LogP contribution in [0.1, 0.15) is 22.7 Å². The first kappa shape index (κ1) is 23.6. The number of esters is 1. The van der Waals surface area contributed by atoms with Crippen LogP contribution in [0.5, 0.6) is 11.5 Å². The summed E-state index contributed by atoms with van der Waals surface area (Å²) in [6.45, 7) is 0. The summed E-state index contributed by atoms with van der Waals surface area (Å²) < 4.78 is 9.90. The molecule has 8 heteroatoms. The van der Waals surface area contributed by atoms with Crippen molar-refractivity contribution in [3.05, 3.63) is 95.1 Å². The fourth-order valence-electron chi connectivity index (χ4n) is 4.05. The van der Waals surface area contributed by atoms with Crippen LogP contribution in [0.15, 0.2) is 78.4 Å². The summed E-state index contributed by atoms with van der Waals surface area (Å²) in [5.41, 5.74) is 1.68. The van der Waals surface area contributed by atoms with Gasteiger partial charge in [-0.25, -0.2) is 0 Å². The van der Waals surface area contributed by atoms with Crippen molar-refractivity contribution in [3.63, 3.8) is 0 Å². The molecule has 0 aliphatic carbocycles. The third-order valence-electron chi connectivity index (χ3n) is 5.76. The molecule has 0 spiro atoms. The van der Waals surface area contributed by atoms with Crippen molar-refractivity contribution >= 4 is 29.1 Å². The van der Waals surface area contributed by atoms with Gasteiger partial charge in [0.15, 0.2) is 0 Å². The van der Waals surface area contributed by atoms with Crippen LogP contribution in [-0.4, -0.2) is 42.1 Å². The number of ether oxygens (including phenoxy) is 2. The summed E-state index contributed by atoms with van der Waals surface area (Å²) in [5.74, 6) is -2.04. The first-order valence-electron chi connectivity index (χ1n) is 10.7. The predicted octanol–water partition coefficient (Wildman–Crippen LogP) is 3.74. The van der Waals surface area contributed by atoms with Crippen LogP contribution in [0, 0.1) is 0 Å². The second-order valence-corrected chi connectivity index (χ2v) is 7.92. The number of carbonyl (C=O) groups excluding carboxylic acids is 3. The van der Waals surface area contributed by atoms with Gasteiger partial charge in [-0.2, -0.15) is 0 Å². The molecule has 1 unspecified atom stereocenters. The molecule has 0 aromatic heterocycles. The maximum absolute atomic E-state index is 13.2. The minimum atomic E-state index is -1.00. The molecule has 178 valence electrons. The number of hydrogen-bond acceptors (Lipinski definition) is 7. The SMILES string of the molecule is COC(=O)Cc1ccc(N2C(=O)C(=O)/C(=C(\O)c3cccc(OC)c3)C2c2cccc(O)c2)cc1. The Kier molecular flexibility index (Phi) is 6.55. The van der Waals surface area contributed by atoms with E-state index in [0.29, 0.717) is 28.1 Å². The van der Waals surface area contributed by atoms with E-state index in [-0.39, 0.29) is 23.5 Å². The number of benzene rings is 3. The summed E-state index contributed by atoms with van der Waals surface area (Å²) >= 11 is 0. The first-order chi connectivity index (χ1) is 16.8. The number of aliphatic hydroxyl groups is 1. The van der Waals surface area contributed by atoms with E-state index in [4.69, 9.17) is 4.74 Å². The lowest BCUT2D eigenvalue weighted by molar-refractivity contribution is -0.139.